The number of amides is 1. The smallest absolute Gasteiger partial charge is 0.331 e. The fraction of sp³-hybridized carbons (Fsp3) is 0.136. The second kappa shape index (κ2) is 9.29. The highest BCUT2D eigenvalue weighted by atomic mass is 19.1. The first-order valence-electron chi connectivity index (χ1n) is 9.16. The van der Waals surface area contributed by atoms with E-state index in [9.17, 15) is 22.8 Å². The van der Waals surface area contributed by atoms with Gasteiger partial charge in [0.05, 0.1) is 17.1 Å². The molecule has 1 heterocycles. The predicted molar refractivity (Wildman–Crippen MR) is 108 cm³/mol. The Morgan fingerprint density at radius 1 is 1.06 bits per heavy atom. The molecule has 3 aromatic rings. The van der Waals surface area contributed by atoms with Crippen LogP contribution in [0.25, 0.3) is 11.8 Å². The molecule has 6 nitrogen and oxygen atoms in total. The number of benzene rings is 2. The van der Waals surface area contributed by atoms with Crippen LogP contribution in [0.4, 0.5) is 18.9 Å². The number of esters is 1. The molecule has 0 aliphatic heterocycles. The Kier molecular flexibility index (Phi) is 6.54. The van der Waals surface area contributed by atoms with Gasteiger partial charge in [0.1, 0.15) is 17.5 Å². The van der Waals surface area contributed by atoms with Crippen LogP contribution in [-0.2, 0) is 14.3 Å². The fourth-order valence-electron chi connectivity index (χ4n) is 2.84. The summed E-state index contributed by atoms with van der Waals surface area (Å²) in [5, 5.41) is 6.58. The van der Waals surface area contributed by atoms with E-state index in [2.05, 4.69) is 10.4 Å². The Labute approximate surface area is 176 Å². The van der Waals surface area contributed by atoms with Crippen LogP contribution in [0.2, 0.25) is 0 Å². The lowest BCUT2D eigenvalue weighted by Crippen LogP contribution is -2.20. The van der Waals surface area contributed by atoms with Crippen LogP contribution < -0.4 is 5.32 Å². The van der Waals surface area contributed by atoms with Gasteiger partial charge in [-0.25, -0.2) is 22.6 Å². The van der Waals surface area contributed by atoms with E-state index in [0.717, 1.165) is 23.9 Å². The van der Waals surface area contributed by atoms with Crippen molar-refractivity contribution >= 4 is 23.6 Å². The third kappa shape index (κ3) is 5.39. The Bertz CT molecular complexity index is 1150. The minimum absolute atomic E-state index is 0.225. The van der Waals surface area contributed by atoms with Crippen molar-refractivity contribution in [2.24, 2.45) is 0 Å². The maximum Gasteiger partial charge on any atom is 0.331 e. The third-order valence-electron chi connectivity index (χ3n) is 4.36. The van der Waals surface area contributed by atoms with Crippen LogP contribution in [0.3, 0.4) is 0 Å². The molecule has 160 valence electrons. The van der Waals surface area contributed by atoms with Crippen LogP contribution >= 0.6 is 0 Å². The van der Waals surface area contributed by atoms with Crippen LogP contribution in [0.5, 0.6) is 0 Å². The summed E-state index contributed by atoms with van der Waals surface area (Å²) in [6.45, 7) is 2.90. The topological polar surface area (TPSA) is 73.2 Å². The van der Waals surface area contributed by atoms with Gasteiger partial charge >= 0.3 is 5.97 Å². The molecule has 0 unspecified atom stereocenters. The number of rotatable bonds is 6. The van der Waals surface area contributed by atoms with Gasteiger partial charge < -0.3 is 10.1 Å². The number of anilines is 1. The molecule has 9 heteroatoms. The van der Waals surface area contributed by atoms with Crippen molar-refractivity contribution in [2.75, 3.05) is 11.9 Å². The van der Waals surface area contributed by atoms with E-state index < -0.39 is 30.1 Å². The molecule has 0 fully saturated rings. The lowest BCUT2D eigenvalue weighted by molar-refractivity contribution is -0.142. The number of nitrogens with one attached hydrogen (secondary N) is 1. The van der Waals surface area contributed by atoms with Crippen LogP contribution in [-0.4, -0.2) is 28.3 Å². The largest absolute Gasteiger partial charge is 0.452 e. The summed E-state index contributed by atoms with van der Waals surface area (Å²) >= 11 is 0. The number of carbonyl (C=O) groups excluding carboxylic acids is 2. The van der Waals surface area contributed by atoms with Gasteiger partial charge in [0.2, 0.25) is 0 Å². The second-order valence-electron chi connectivity index (χ2n) is 6.59. The van der Waals surface area contributed by atoms with E-state index in [-0.39, 0.29) is 11.5 Å². The Balaban J connectivity index is 1.61. The number of hydrogen-bond acceptors (Lipinski definition) is 4. The highest BCUT2D eigenvalue weighted by Crippen LogP contribution is 2.19. The summed E-state index contributed by atoms with van der Waals surface area (Å²) in [5.74, 6) is -3.64. The molecule has 2 aromatic carbocycles. The quantitative estimate of drug-likeness (QED) is 0.473. The average Bonchev–Trinajstić information content (AvgIpc) is 3.01. The van der Waals surface area contributed by atoms with Crippen molar-refractivity contribution in [2.45, 2.75) is 13.8 Å². The van der Waals surface area contributed by atoms with Gasteiger partial charge in [-0.3, -0.25) is 4.79 Å². The van der Waals surface area contributed by atoms with Gasteiger partial charge in [-0.2, -0.15) is 5.10 Å². The number of carbonyl (C=O) groups is 2. The maximum atomic E-state index is 13.5. The zero-order valence-electron chi connectivity index (χ0n) is 16.7. The molecule has 1 amide bonds. The Morgan fingerprint density at radius 3 is 2.42 bits per heavy atom. The monoisotopic (exact) mass is 429 g/mol. The number of ether oxygens (including phenoxy) is 1. The normalized spacial score (nSPS) is 11.0. The van der Waals surface area contributed by atoms with Gasteiger partial charge in [-0.15, -0.1) is 0 Å². The van der Waals surface area contributed by atoms with Gasteiger partial charge in [0.25, 0.3) is 5.91 Å². The molecule has 0 aliphatic carbocycles. The van der Waals surface area contributed by atoms with E-state index in [0.29, 0.717) is 23.0 Å². The summed E-state index contributed by atoms with van der Waals surface area (Å²) in [6.07, 6.45) is 2.63. The Morgan fingerprint density at radius 2 is 1.74 bits per heavy atom. The van der Waals surface area contributed by atoms with E-state index in [1.807, 2.05) is 0 Å². The number of hydrogen-bond donors (Lipinski definition) is 1. The van der Waals surface area contributed by atoms with Crippen LogP contribution in [0, 0.1) is 31.3 Å². The van der Waals surface area contributed by atoms with Crippen molar-refractivity contribution in [1.82, 2.24) is 9.78 Å². The standard InChI is InChI=1S/C22H18F3N3O3/c1-13-18(14(2)28(27-13)17-6-3-15(23)4-7-17)8-10-22(30)31-12-21(29)26-20-9-5-16(24)11-19(20)25/h3-11H,12H2,1-2H3,(H,26,29)/b10-8+. The van der Waals surface area contributed by atoms with Crippen molar-refractivity contribution in [3.63, 3.8) is 0 Å². The molecule has 0 radical (unpaired) electrons. The first-order valence-corrected chi connectivity index (χ1v) is 9.16. The Hall–Kier alpha value is -3.88. The molecule has 0 spiro atoms. The summed E-state index contributed by atoms with van der Waals surface area (Å²) in [4.78, 5) is 23.7. The second-order valence-corrected chi connectivity index (χ2v) is 6.59. The van der Waals surface area contributed by atoms with Crippen molar-refractivity contribution < 1.29 is 27.5 Å². The van der Waals surface area contributed by atoms with Gasteiger partial charge in [0.15, 0.2) is 6.61 Å². The van der Waals surface area contributed by atoms with Crippen LogP contribution in [0.1, 0.15) is 17.0 Å². The number of nitrogens with zero attached hydrogens (tertiary/aromatic N) is 2. The van der Waals surface area contributed by atoms with E-state index in [1.165, 1.54) is 18.2 Å². The predicted octanol–water partition coefficient (Wildman–Crippen LogP) is 4.10. The molecule has 3 rings (SSSR count). The molecule has 0 saturated heterocycles. The number of aryl methyl sites for hydroxylation is 1. The lowest BCUT2D eigenvalue weighted by atomic mass is 10.2. The summed E-state index contributed by atoms with van der Waals surface area (Å²) in [7, 11) is 0. The molecule has 0 bridgehead atoms. The third-order valence-corrected chi connectivity index (χ3v) is 4.36. The molecule has 1 aromatic heterocycles. The van der Waals surface area contributed by atoms with Gasteiger partial charge in [0, 0.05) is 23.4 Å². The molecule has 0 aliphatic rings. The lowest BCUT2D eigenvalue weighted by Gasteiger charge is -2.06. The molecule has 1 N–H and O–H groups in total. The average molecular weight is 429 g/mol. The van der Waals surface area contributed by atoms with Gasteiger partial charge in [-0.05, 0) is 56.3 Å². The van der Waals surface area contributed by atoms with Crippen LogP contribution in [0.15, 0.2) is 48.5 Å². The maximum absolute atomic E-state index is 13.5. The van der Waals surface area contributed by atoms with E-state index in [1.54, 1.807) is 30.7 Å². The number of aromatic nitrogens is 2. The fourth-order valence-corrected chi connectivity index (χ4v) is 2.84. The zero-order chi connectivity index (χ0) is 22.5. The first-order chi connectivity index (χ1) is 14.7. The number of halogens is 3. The summed E-state index contributed by atoms with van der Waals surface area (Å²) < 4.78 is 46.0. The highest BCUT2D eigenvalue weighted by Gasteiger charge is 2.13. The minimum Gasteiger partial charge on any atom is -0.452 e. The van der Waals surface area contributed by atoms with E-state index in [4.69, 9.17) is 4.74 Å². The molecular formula is C22H18F3N3O3. The van der Waals surface area contributed by atoms with E-state index >= 15 is 0 Å². The van der Waals surface area contributed by atoms with Gasteiger partial charge in [-0.1, -0.05) is 0 Å². The minimum atomic E-state index is -0.941. The zero-order valence-corrected chi connectivity index (χ0v) is 16.7. The summed E-state index contributed by atoms with van der Waals surface area (Å²) in [5.41, 5.74) is 2.46. The molecule has 0 atom stereocenters. The molecule has 31 heavy (non-hydrogen) atoms. The van der Waals surface area contributed by atoms with Crippen molar-refractivity contribution in [3.05, 3.63) is 82.9 Å². The molecular weight excluding hydrogens is 411 g/mol. The first kappa shape index (κ1) is 21.8. The van der Waals surface area contributed by atoms with Crippen molar-refractivity contribution in [1.29, 1.82) is 0 Å². The molecule has 0 saturated carbocycles. The highest BCUT2D eigenvalue weighted by molar-refractivity contribution is 5.94. The summed E-state index contributed by atoms with van der Waals surface area (Å²) in [6, 6.07) is 8.49. The van der Waals surface area contributed by atoms with Crippen molar-refractivity contribution in [3.8, 4) is 5.69 Å². The SMILES string of the molecule is Cc1nn(-c2ccc(F)cc2)c(C)c1/C=C/C(=O)OCC(=O)Nc1ccc(F)cc1F.